The van der Waals surface area contributed by atoms with Gasteiger partial charge in [-0.1, -0.05) is 26.0 Å². The summed E-state index contributed by atoms with van der Waals surface area (Å²) in [4.78, 5) is 37.5. The first-order chi connectivity index (χ1) is 15.3. The molecule has 0 bridgehead atoms. The van der Waals surface area contributed by atoms with Gasteiger partial charge in [0.15, 0.2) is 0 Å². The van der Waals surface area contributed by atoms with Gasteiger partial charge in [0.05, 0.1) is 24.4 Å². The van der Waals surface area contributed by atoms with Crippen LogP contribution in [0.4, 0.5) is 0 Å². The van der Waals surface area contributed by atoms with Gasteiger partial charge in [-0.25, -0.2) is 5.48 Å². The van der Waals surface area contributed by atoms with Crippen LogP contribution in [0.3, 0.4) is 0 Å². The lowest BCUT2D eigenvalue weighted by Gasteiger charge is -2.23. The Kier molecular flexibility index (Phi) is 9.44. The molecule has 32 heavy (non-hydrogen) atoms. The number of hydroxylamine groups is 1. The molecule has 1 heterocycles. The maximum Gasteiger partial charge on any atom is 0.244 e. The molecule has 0 saturated heterocycles. The highest BCUT2D eigenvalue weighted by Gasteiger charge is 2.28. The lowest BCUT2D eigenvalue weighted by Crippen LogP contribution is -2.50. The van der Waals surface area contributed by atoms with E-state index in [0.29, 0.717) is 17.7 Å². The molecule has 2 rings (SSSR count). The number of benzene rings is 1. The molecular formula is C23H28N4O5. The Labute approximate surface area is 186 Å². The summed E-state index contributed by atoms with van der Waals surface area (Å²) >= 11 is 0. The fourth-order valence-corrected chi connectivity index (χ4v) is 3.28. The predicted octanol–water partition coefficient (Wildman–Crippen LogP) is 2.05. The van der Waals surface area contributed by atoms with Crippen LogP contribution in [0.25, 0.3) is 0 Å². The molecule has 3 amide bonds. The molecule has 170 valence electrons. The minimum Gasteiger partial charge on any atom is -0.467 e. The smallest absolute Gasteiger partial charge is 0.244 e. The highest BCUT2D eigenvalue weighted by molar-refractivity contribution is 5.90. The summed E-state index contributed by atoms with van der Waals surface area (Å²) < 4.78 is 5.23. The van der Waals surface area contributed by atoms with E-state index in [1.165, 1.54) is 6.26 Å². The van der Waals surface area contributed by atoms with Crippen LogP contribution in [0.5, 0.6) is 0 Å². The van der Waals surface area contributed by atoms with Crippen molar-refractivity contribution in [2.75, 3.05) is 0 Å². The highest BCUT2D eigenvalue weighted by Crippen LogP contribution is 2.17. The van der Waals surface area contributed by atoms with Gasteiger partial charge >= 0.3 is 0 Å². The van der Waals surface area contributed by atoms with E-state index in [0.717, 1.165) is 5.56 Å². The highest BCUT2D eigenvalue weighted by atomic mass is 16.5. The Morgan fingerprint density at radius 3 is 2.41 bits per heavy atom. The second kappa shape index (κ2) is 12.3. The van der Waals surface area contributed by atoms with E-state index in [9.17, 15) is 14.4 Å². The van der Waals surface area contributed by atoms with Crippen molar-refractivity contribution in [3.63, 3.8) is 0 Å². The second-order valence-electron chi connectivity index (χ2n) is 7.94. The van der Waals surface area contributed by atoms with Gasteiger partial charge in [0.1, 0.15) is 11.8 Å². The zero-order valence-corrected chi connectivity index (χ0v) is 18.1. The number of hydrogen-bond donors (Lipinski definition) is 4. The van der Waals surface area contributed by atoms with Gasteiger partial charge in [-0.3, -0.25) is 19.6 Å². The molecule has 9 heteroatoms. The topological polar surface area (TPSA) is 144 Å². The van der Waals surface area contributed by atoms with Crippen molar-refractivity contribution >= 4 is 17.7 Å². The summed E-state index contributed by atoms with van der Waals surface area (Å²) in [6, 6.07) is 11.3. The second-order valence-corrected chi connectivity index (χ2v) is 7.94. The molecule has 1 aromatic carbocycles. The Morgan fingerprint density at radius 1 is 1.12 bits per heavy atom. The fourth-order valence-electron chi connectivity index (χ4n) is 3.28. The number of nitrogens with zero attached hydrogens (tertiary/aromatic N) is 1. The third kappa shape index (κ3) is 7.89. The molecule has 1 aromatic heterocycles. The van der Waals surface area contributed by atoms with Gasteiger partial charge in [0, 0.05) is 18.8 Å². The predicted molar refractivity (Wildman–Crippen MR) is 115 cm³/mol. The van der Waals surface area contributed by atoms with Gasteiger partial charge in [0.25, 0.3) is 0 Å². The largest absolute Gasteiger partial charge is 0.467 e. The Hall–Kier alpha value is -3.64. The zero-order valence-electron chi connectivity index (χ0n) is 18.1. The van der Waals surface area contributed by atoms with Crippen LogP contribution in [0.15, 0.2) is 47.1 Å². The summed E-state index contributed by atoms with van der Waals surface area (Å²) in [6.07, 6.45) is 1.91. The van der Waals surface area contributed by atoms with Crippen molar-refractivity contribution in [2.45, 2.75) is 45.7 Å². The molecule has 0 aliphatic rings. The number of carbonyl (C=O) groups excluding carboxylic acids is 3. The van der Waals surface area contributed by atoms with Crippen LogP contribution < -0.4 is 16.1 Å². The van der Waals surface area contributed by atoms with E-state index >= 15 is 0 Å². The molecule has 4 N–H and O–H groups in total. The number of hydrogen-bond acceptors (Lipinski definition) is 6. The van der Waals surface area contributed by atoms with Crippen molar-refractivity contribution < 1.29 is 24.0 Å². The SMILES string of the molecule is CC(C)CC(CC(=O)NO)C(=O)NC(Cc1ccc(C#N)cc1)C(=O)NCc1ccco1. The maximum atomic E-state index is 13.0. The molecule has 2 aromatic rings. The van der Waals surface area contributed by atoms with Crippen molar-refractivity contribution in [1.29, 1.82) is 5.26 Å². The van der Waals surface area contributed by atoms with Gasteiger partial charge in [0.2, 0.25) is 17.7 Å². The summed E-state index contributed by atoms with van der Waals surface area (Å²) in [7, 11) is 0. The Morgan fingerprint density at radius 2 is 1.84 bits per heavy atom. The summed E-state index contributed by atoms with van der Waals surface area (Å²) in [5.41, 5.74) is 2.80. The normalized spacial score (nSPS) is 12.5. The molecule has 2 atom stereocenters. The van der Waals surface area contributed by atoms with Gasteiger partial charge < -0.3 is 15.1 Å². The third-order valence-corrected chi connectivity index (χ3v) is 4.86. The summed E-state index contributed by atoms with van der Waals surface area (Å²) in [6.45, 7) is 4.00. The summed E-state index contributed by atoms with van der Waals surface area (Å²) in [5, 5.41) is 23.3. The number of nitrogens with one attached hydrogen (secondary N) is 3. The quantitative estimate of drug-likeness (QED) is 0.311. The molecule has 0 radical (unpaired) electrons. The van der Waals surface area contributed by atoms with E-state index in [4.69, 9.17) is 14.9 Å². The molecule has 0 aliphatic heterocycles. The van der Waals surface area contributed by atoms with E-state index in [-0.39, 0.29) is 25.3 Å². The first-order valence-electron chi connectivity index (χ1n) is 10.3. The molecular weight excluding hydrogens is 412 g/mol. The minimum atomic E-state index is -0.905. The first-order valence-corrected chi connectivity index (χ1v) is 10.3. The average Bonchev–Trinajstić information content (AvgIpc) is 3.30. The molecule has 2 unspecified atom stereocenters. The molecule has 0 aliphatic carbocycles. The lowest BCUT2D eigenvalue weighted by atomic mass is 9.92. The van der Waals surface area contributed by atoms with E-state index in [1.807, 2.05) is 19.9 Å². The lowest BCUT2D eigenvalue weighted by molar-refractivity contribution is -0.136. The fraction of sp³-hybridized carbons (Fsp3) is 0.391. The van der Waals surface area contributed by atoms with Crippen molar-refractivity contribution in [1.82, 2.24) is 16.1 Å². The van der Waals surface area contributed by atoms with Gasteiger partial charge in [-0.05, 0) is 42.2 Å². The molecule has 0 fully saturated rings. The Bertz CT molecular complexity index is 932. The standard InChI is InChI=1S/C23H28N4O5/c1-15(2)10-18(12-21(28)27-31)22(29)26-20(11-16-5-7-17(13-24)8-6-16)23(30)25-14-19-4-3-9-32-19/h3-9,15,18,20,31H,10-12,14H2,1-2H3,(H,25,30)(H,26,29)(H,27,28). The maximum absolute atomic E-state index is 13.0. The van der Waals surface area contributed by atoms with Crippen LogP contribution in [0.2, 0.25) is 0 Å². The van der Waals surface area contributed by atoms with Crippen molar-refractivity contribution in [3.05, 3.63) is 59.5 Å². The van der Waals surface area contributed by atoms with Crippen LogP contribution in [0, 0.1) is 23.2 Å². The van der Waals surface area contributed by atoms with E-state index < -0.39 is 29.7 Å². The zero-order chi connectivity index (χ0) is 23.5. The monoisotopic (exact) mass is 440 g/mol. The average molecular weight is 441 g/mol. The minimum absolute atomic E-state index is 0.127. The third-order valence-electron chi connectivity index (χ3n) is 4.86. The molecule has 0 saturated carbocycles. The summed E-state index contributed by atoms with van der Waals surface area (Å²) in [5.74, 6) is -1.54. The molecule has 0 spiro atoms. The number of furan rings is 1. The van der Waals surface area contributed by atoms with Crippen molar-refractivity contribution in [3.8, 4) is 6.07 Å². The van der Waals surface area contributed by atoms with Gasteiger partial charge in [-0.15, -0.1) is 0 Å². The molecule has 9 nitrogen and oxygen atoms in total. The number of amides is 3. The Balaban J connectivity index is 2.16. The van der Waals surface area contributed by atoms with Crippen LogP contribution >= 0.6 is 0 Å². The van der Waals surface area contributed by atoms with Crippen LogP contribution in [0.1, 0.15) is 43.6 Å². The van der Waals surface area contributed by atoms with Gasteiger partial charge in [-0.2, -0.15) is 5.26 Å². The van der Waals surface area contributed by atoms with Crippen LogP contribution in [-0.2, 0) is 27.3 Å². The number of nitriles is 1. The van der Waals surface area contributed by atoms with E-state index in [2.05, 4.69) is 10.6 Å². The number of carbonyl (C=O) groups is 3. The van der Waals surface area contributed by atoms with Crippen molar-refractivity contribution in [2.24, 2.45) is 11.8 Å². The first kappa shape index (κ1) is 24.6. The van der Waals surface area contributed by atoms with Crippen LogP contribution in [-0.4, -0.2) is 29.0 Å². The van der Waals surface area contributed by atoms with E-state index in [1.54, 1.807) is 41.9 Å². The number of rotatable bonds is 11.